The van der Waals surface area contributed by atoms with Crippen LogP contribution in [0.3, 0.4) is 0 Å². The van der Waals surface area contributed by atoms with E-state index in [0.29, 0.717) is 12.6 Å². The van der Waals surface area contributed by atoms with Crippen molar-refractivity contribution in [3.8, 4) is 11.4 Å². The number of nitrogens with one attached hydrogen (secondary N) is 1. The van der Waals surface area contributed by atoms with Gasteiger partial charge in [-0.2, -0.15) is 9.78 Å². The molecule has 0 saturated carbocycles. The van der Waals surface area contributed by atoms with Crippen LogP contribution in [-0.2, 0) is 6.54 Å². The van der Waals surface area contributed by atoms with Gasteiger partial charge in [-0.3, -0.25) is 4.79 Å². The molecule has 0 unspecified atom stereocenters. The maximum atomic E-state index is 13.7. The zero-order valence-corrected chi connectivity index (χ0v) is 11.4. The molecular weight excluding hydrogens is 280 g/mol. The van der Waals surface area contributed by atoms with Crippen LogP contribution in [0.2, 0.25) is 0 Å². The number of aromatic hydroxyl groups is 1. The van der Waals surface area contributed by atoms with E-state index in [9.17, 15) is 18.7 Å². The van der Waals surface area contributed by atoms with Crippen LogP contribution < -0.4 is 10.9 Å². The van der Waals surface area contributed by atoms with E-state index in [2.05, 4.69) is 10.4 Å². The molecule has 0 aliphatic carbocycles. The van der Waals surface area contributed by atoms with Gasteiger partial charge in [0.25, 0.3) is 5.56 Å². The van der Waals surface area contributed by atoms with Gasteiger partial charge in [0, 0.05) is 18.7 Å². The SMILES string of the molecule is CCCNCc1nn(-c2ccc(F)cc2F)c(=O)cc1O. The van der Waals surface area contributed by atoms with Crippen molar-refractivity contribution in [3.05, 3.63) is 51.9 Å². The molecule has 1 aromatic carbocycles. The van der Waals surface area contributed by atoms with Gasteiger partial charge in [-0.25, -0.2) is 8.78 Å². The fourth-order valence-corrected chi connectivity index (χ4v) is 1.82. The first-order valence-electron chi connectivity index (χ1n) is 6.51. The summed E-state index contributed by atoms with van der Waals surface area (Å²) >= 11 is 0. The van der Waals surface area contributed by atoms with Crippen LogP contribution in [0.4, 0.5) is 8.78 Å². The number of halogens is 2. The Kier molecular flexibility index (Phi) is 4.64. The summed E-state index contributed by atoms with van der Waals surface area (Å²) in [6, 6.07) is 3.79. The molecule has 0 radical (unpaired) electrons. The fourth-order valence-electron chi connectivity index (χ4n) is 1.82. The third-order valence-corrected chi connectivity index (χ3v) is 2.84. The highest BCUT2D eigenvalue weighted by Gasteiger charge is 2.12. The Morgan fingerprint density at radius 3 is 2.76 bits per heavy atom. The van der Waals surface area contributed by atoms with Gasteiger partial charge in [-0.1, -0.05) is 6.92 Å². The molecule has 0 aliphatic rings. The first-order valence-corrected chi connectivity index (χ1v) is 6.51. The van der Waals surface area contributed by atoms with Gasteiger partial charge >= 0.3 is 0 Å². The highest BCUT2D eigenvalue weighted by molar-refractivity contribution is 5.34. The molecule has 1 heterocycles. The fraction of sp³-hybridized carbons (Fsp3) is 0.286. The van der Waals surface area contributed by atoms with Crippen LogP contribution in [0, 0.1) is 11.6 Å². The molecule has 0 aliphatic heterocycles. The molecule has 2 aromatic rings. The van der Waals surface area contributed by atoms with Crippen LogP contribution in [0.15, 0.2) is 29.1 Å². The van der Waals surface area contributed by atoms with Crippen molar-refractivity contribution >= 4 is 0 Å². The average molecular weight is 295 g/mol. The minimum atomic E-state index is -0.900. The molecule has 0 fully saturated rings. The molecule has 2 rings (SSSR count). The summed E-state index contributed by atoms with van der Waals surface area (Å²) in [7, 11) is 0. The third kappa shape index (κ3) is 3.43. The summed E-state index contributed by atoms with van der Waals surface area (Å²) in [6.07, 6.45) is 0.896. The molecule has 0 spiro atoms. The Bertz CT molecular complexity index is 701. The predicted octanol–water partition coefficient (Wildman–Crippen LogP) is 1.72. The summed E-state index contributed by atoms with van der Waals surface area (Å²) in [6.45, 7) is 2.93. The van der Waals surface area contributed by atoms with Crippen LogP contribution in [0.25, 0.3) is 5.69 Å². The van der Waals surface area contributed by atoms with Gasteiger partial charge in [0.15, 0.2) is 5.82 Å². The summed E-state index contributed by atoms with van der Waals surface area (Å²) in [5, 5.41) is 16.7. The second-order valence-electron chi connectivity index (χ2n) is 4.50. The van der Waals surface area contributed by atoms with Gasteiger partial charge in [0.2, 0.25) is 0 Å². The monoisotopic (exact) mass is 295 g/mol. The Hall–Kier alpha value is -2.28. The highest BCUT2D eigenvalue weighted by Crippen LogP contribution is 2.15. The molecular formula is C14H15F2N3O2. The lowest BCUT2D eigenvalue weighted by Gasteiger charge is -2.10. The normalized spacial score (nSPS) is 10.8. The van der Waals surface area contributed by atoms with E-state index in [4.69, 9.17) is 0 Å². The van der Waals surface area contributed by atoms with Gasteiger partial charge in [-0.05, 0) is 25.1 Å². The number of hydrogen-bond acceptors (Lipinski definition) is 4. The third-order valence-electron chi connectivity index (χ3n) is 2.84. The number of benzene rings is 1. The predicted molar refractivity (Wildman–Crippen MR) is 73.4 cm³/mol. The number of aromatic nitrogens is 2. The van der Waals surface area contributed by atoms with E-state index in [-0.39, 0.29) is 23.7 Å². The minimum absolute atomic E-state index is 0.168. The first kappa shape index (κ1) is 15.1. The number of nitrogens with zero attached hydrogens (tertiary/aromatic N) is 2. The quantitative estimate of drug-likeness (QED) is 0.824. The van der Waals surface area contributed by atoms with Crippen molar-refractivity contribution in [1.29, 1.82) is 0 Å². The lowest BCUT2D eigenvalue weighted by atomic mass is 10.3. The van der Waals surface area contributed by atoms with Crippen molar-refractivity contribution in [2.75, 3.05) is 6.54 Å². The molecule has 0 atom stereocenters. The maximum absolute atomic E-state index is 13.7. The molecule has 0 amide bonds. The summed E-state index contributed by atoms with van der Waals surface area (Å²) in [5.74, 6) is -1.90. The largest absolute Gasteiger partial charge is 0.506 e. The second-order valence-corrected chi connectivity index (χ2v) is 4.50. The van der Waals surface area contributed by atoms with Crippen molar-refractivity contribution in [3.63, 3.8) is 0 Å². The standard InChI is InChI=1S/C14H15F2N3O2/c1-2-5-17-8-11-13(20)7-14(21)19(18-11)12-4-3-9(15)6-10(12)16/h3-4,6-7,17,20H,2,5,8H2,1H3. The Morgan fingerprint density at radius 2 is 2.10 bits per heavy atom. The van der Waals surface area contributed by atoms with Crippen LogP contribution in [0.5, 0.6) is 5.75 Å². The van der Waals surface area contributed by atoms with Gasteiger partial charge in [0.1, 0.15) is 22.9 Å². The Labute approximate surface area is 119 Å². The van der Waals surface area contributed by atoms with Crippen LogP contribution >= 0.6 is 0 Å². The average Bonchev–Trinajstić information content (AvgIpc) is 2.42. The summed E-state index contributed by atoms with van der Waals surface area (Å²) in [5.41, 5.74) is -0.651. The molecule has 21 heavy (non-hydrogen) atoms. The summed E-state index contributed by atoms with van der Waals surface area (Å²) < 4.78 is 27.5. The molecule has 5 nitrogen and oxygen atoms in total. The van der Waals surface area contributed by atoms with E-state index in [1.54, 1.807) is 0 Å². The smallest absolute Gasteiger partial charge is 0.275 e. The van der Waals surface area contributed by atoms with Crippen molar-refractivity contribution in [1.82, 2.24) is 15.1 Å². The Morgan fingerprint density at radius 1 is 1.33 bits per heavy atom. The van der Waals surface area contributed by atoms with Gasteiger partial charge in [-0.15, -0.1) is 0 Å². The maximum Gasteiger partial charge on any atom is 0.275 e. The van der Waals surface area contributed by atoms with E-state index < -0.39 is 17.2 Å². The van der Waals surface area contributed by atoms with E-state index in [1.807, 2.05) is 6.92 Å². The van der Waals surface area contributed by atoms with Crippen LogP contribution in [0.1, 0.15) is 19.0 Å². The van der Waals surface area contributed by atoms with E-state index in [1.165, 1.54) is 0 Å². The van der Waals surface area contributed by atoms with Gasteiger partial charge in [0.05, 0.1) is 0 Å². The summed E-state index contributed by atoms with van der Waals surface area (Å²) in [4.78, 5) is 11.8. The highest BCUT2D eigenvalue weighted by atomic mass is 19.1. The van der Waals surface area contributed by atoms with E-state index in [0.717, 1.165) is 29.3 Å². The van der Waals surface area contributed by atoms with Crippen molar-refractivity contribution in [2.24, 2.45) is 0 Å². The first-order chi connectivity index (χ1) is 10.0. The number of rotatable bonds is 5. The van der Waals surface area contributed by atoms with Gasteiger partial charge < -0.3 is 10.4 Å². The zero-order valence-electron chi connectivity index (χ0n) is 11.4. The Balaban J connectivity index is 2.43. The lowest BCUT2D eigenvalue weighted by molar-refractivity contribution is 0.450. The molecule has 1 aromatic heterocycles. The van der Waals surface area contributed by atoms with E-state index >= 15 is 0 Å². The molecule has 7 heteroatoms. The molecule has 0 bridgehead atoms. The molecule has 0 saturated heterocycles. The lowest BCUT2D eigenvalue weighted by Crippen LogP contribution is -2.25. The molecule has 2 N–H and O–H groups in total. The van der Waals surface area contributed by atoms with Crippen LogP contribution in [-0.4, -0.2) is 21.4 Å². The second kappa shape index (κ2) is 6.45. The topological polar surface area (TPSA) is 67.2 Å². The molecule has 112 valence electrons. The van der Waals surface area contributed by atoms with Crippen molar-refractivity contribution in [2.45, 2.75) is 19.9 Å². The number of hydrogen-bond donors (Lipinski definition) is 2. The van der Waals surface area contributed by atoms with Crippen molar-refractivity contribution < 1.29 is 13.9 Å². The minimum Gasteiger partial charge on any atom is -0.506 e. The zero-order chi connectivity index (χ0) is 15.4.